The van der Waals surface area contributed by atoms with Crippen LogP contribution in [0.4, 0.5) is 18.9 Å². The predicted octanol–water partition coefficient (Wildman–Crippen LogP) is 4.68. The third-order valence-electron chi connectivity index (χ3n) is 3.93. The summed E-state index contributed by atoms with van der Waals surface area (Å²) in [5, 5.41) is 3.95. The maximum Gasteiger partial charge on any atom is 0.454 e. The number of carbonyl (C=O) groups is 2. The summed E-state index contributed by atoms with van der Waals surface area (Å²) in [5.74, 6) is -1.92. The Morgan fingerprint density at radius 1 is 1.19 bits per heavy atom. The Kier molecular flexibility index (Phi) is 7.12. The predicted molar refractivity (Wildman–Crippen MR) is 101 cm³/mol. The van der Waals surface area contributed by atoms with E-state index in [1.165, 1.54) is 17.8 Å². The first kappa shape index (κ1) is 21.1. The van der Waals surface area contributed by atoms with Gasteiger partial charge in [-0.3, -0.25) is 4.79 Å². The van der Waals surface area contributed by atoms with E-state index in [1.807, 2.05) is 6.26 Å². The third-order valence-corrected chi connectivity index (χ3v) is 4.58. The summed E-state index contributed by atoms with van der Waals surface area (Å²) in [6.07, 6.45) is -2.81. The van der Waals surface area contributed by atoms with Gasteiger partial charge in [-0.05, 0) is 36.8 Å². The molecule has 0 aliphatic heterocycles. The Balaban J connectivity index is 2.55. The zero-order valence-electron chi connectivity index (χ0n) is 14.9. The van der Waals surface area contributed by atoms with E-state index in [0.717, 1.165) is 6.07 Å². The van der Waals surface area contributed by atoms with Crippen molar-refractivity contribution >= 4 is 40.0 Å². The minimum absolute atomic E-state index is 0.00502. The van der Waals surface area contributed by atoms with Crippen molar-refractivity contribution in [2.45, 2.75) is 25.6 Å². The van der Waals surface area contributed by atoms with Crippen LogP contribution < -0.4 is 5.32 Å². The van der Waals surface area contributed by atoms with Gasteiger partial charge in [0.15, 0.2) is 0 Å². The van der Waals surface area contributed by atoms with Crippen LogP contribution in [-0.2, 0) is 9.53 Å². The summed E-state index contributed by atoms with van der Waals surface area (Å²) in [5.41, 5.74) is -0.519. The molecule has 0 heterocycles. The Morgan fingerprint density at radius 2 is 1.89 bits per heavy atom. The van der Waals surface area contributed by atoms with Crippen molar-refractivity contribution < 1.29 is 27.5 Å². The number of ether oxygens (including phenoxy) is 1. The monoisotopic (exact) mass is 399 g/mol. The number of ketones is 1. The van der Waals surface area contributed by atoms with Gasteiger partial charge >= 0.3 is 12.1 Å². The molecule has 2 rings (SSSR count). The number of fused-ring (bicyclic) bond motifs is 1. The standard InChI is InChI=1S/C19H20F3NO3S/c1-3-26-18(25)15(10-11-27-2)23-16-13-7-5-4-6-12(13)8-9-14(16)17(24)19(20,21)22/h4-9,15,23H,3,10-11H2,1-2H3. The molecular formula is C19H20F3NO3S. The maximum atomic E-state index is 13.1. The normalized spacial score (nSPS) is 12.6. The summed E-state index contributed by atoms with van der Waals surface area (Å²) in [7, 11) is 0. The number of nitrogens with one attached hydrogen (secondary N) is 1. The summed E-state index contributed by atoms with van der Waals surface area (Å²) in [6.45, 7) is 1.81. The highest BCUT2D eigenvalue weighted by Gasteiger charge is 2.41. The third kappa shape index (κ3) is 5.15. The van der Waals surface area contributed by atoms with Crippen molar-refractivity contribution in [1.82, 2.24) is 0 Å². The number of hydrogen-bond acceptors (Lipinski definition) is 5. The number of hydrogen-bond donors (Lipinski definition) is 1. The molecule has 1 atom stereocenters. The topological polar surface area (TPSA) is 55.4 Å². The summed E-state index contributed by atoms with van der Waals surface area (Å²) >= 11 is 1.50. The van der Waals surface area contributed by atoms with Crippen molar-refractivity contribution in [2.24, 2.45) is 0 Å². The lowest BCUT2D eigenvalue weighted by Crippen LogP contribution is -2.33. The zero-order valence-corrected chi connectivity index (χ0v) is 15.7. The molecule has 0 saturated carbocycles. The number of alkyl halides is 3. The highest BCUT2D eigenvalue weighted by atomic mass is 32.2. The molecule has 0 radical (unpaired) electrons. The molecule has 0 aliphatic carbocycles. The average molecular weight is 399 g/mol. The van der Waals surface area contributed by atoms with E-state index in [-0.39, 0.29) is 12.3 Å². The summed E-state index contributed by atoms with van der Waals surface area (Å²) in [6, 6.07) is 8.48. The van der Waals surface area contributed by atoms with E-state index in [4.69, 9.17) is 4.74 Å². The highest BCUT2D eigenvalue weighted by molar-refractivity contribution is 7.98. The van der Waals surface area contributed by atoms with Crippen LogP contribution in [0.2, 0.25) is 0 Å². The van der Waals surface area contributed by atoms with E-state index < -0.39 is 29.5 Å². The van der Waals surface area contributed by atoms with E-state index in [9.17, 15) is 22.8 Å². The molecular weight excluding hydrogens is 379 g/mol. The van der Waals surface area contributed by atoms with Gasteiger partial charge in [-0.25, -0.2) is 4.79 Å². The molecule has 146 valence electrons. The van der Waals surface area contributed by atoms with Crippen molar-refractivity contribution in [3.63, 3.8) is 0 Å². The molecule has 2 aromatic rings. The van der Waals surface area contributed by atoms with Crippen LogP contribution in [0.25, 0.3) is 10.8 Å². The van der Waals surface area contributed by atoms with Crippen molar-refractivity contribution in [2.75, 3.05) is 23.9 Å². The van der Waals surface area contributed by atoms with E-state index in [1.54, 1.807) is 31.2 Å². The van der Waals surface area contributed by atoms with Crippen LogP contribution in [-0.4, -0.2) is 42.6 Å². The number of esters is 1. The van der Waals surface area contributed by atoms with Crippen LogP contribution in [0, 0.1) is 0 Å². The highest BCUT2D eigenvalue weighted by Crippen LogP contribution is 2.33. The Morgan fingerprint density at radius 3 is 2.52 bits per heavy atom. The molecule has 1 N–H and O–H groups in total. The van der Waals surface area contributed by atoms with E-state index >= 15 is 0 Å². The smallest absolute Gasteiger partial charge is 0.454 e. The fraction of sp³-hybridized carbons (Fsp3) is 0.368. The van der Waals surface area contributed by atoms with Crippen LogP contribution in [0.3, 0.4) is 0 Å². The van der Waals surface area contributed by atoms with Gasteiger partial charge in [0.25, 0.3) is 5.78 Å². The van der Waals surface area contributed by atoms with Gasteiger partial charge in [-0.2, -0.15) is 24.9 Å². The molecule has 0 saturated heterocycles. The van der Waals surface area contributed by atoms with Crippen molar-refractivity contribution in [3.05, 3.63) is 42.0 Å². The SMILES string of the molecule is CCOC(=O)C(CCSC)Nc1c(C(=O)C(F)(F)F)ccc2ccccc12. The fourth-order valence-corrected chi connectivity index (χ4v) is 3.14. The molecule has 0 fully saturated rings. The second-order valence-corrected chi connectivity index (χ2v) is 6.75. The maximum absolute atomic E-state index is 13.1. The number of carbonyl (C=O) groups excluding carboxylic acids is 2. The molecule has 0 bridgehead atoms. The number of halogens is 3. The summed E-state index contributed by atoms with van der Waals surface area (Å²) < 4.78 is 44.2. The first-order chi connectivity index (χ1) is 12.8. The first-order valence-corrected chi connectivity index (χ1v) is 9.74. The average Bonchev–Trinajstić information content (AvgIpc) is 2.63. The largest absolute Gasteiger partial charge is 0.464 e. The number of benzene rings is 2. The van der Waals surface area contributed by atoms with Gasteiger partial charge in [-0.15, -0.1) is 0 Å². The second kappa shape index (κ2) is 9.12. The molecule has 0 aromatic heterocycles. The number of thioether (sulfide) groups is 1. The number of Topliss-reactive ketones (excluding diaryl/α,β-unsaturated/α-hetero) is 1. The van der Waals surface area contributed by atoms with Crippen molar-refractivity contribution in [1.29, 1.82) is 0 Å². The molecule has 4 nitrogen and oxygen atoms in total. The molecule has 0 aliphatic rings. The lowest BCUT2D eigenvalue weighted by molar-refractivity contribution is -0.144. The Bertz CT molecular complexity index is 823. The second-order valence-electron chi connectivity index (χ2n) is 5.77. The molecule has 8 heteroatoms. The van der Waals surface area contributed by atoms with E-state index in [0.29, 0.717) is 22.9 Å². The van der Waals surface area contributed by atoms with Gasteiger partial charge in [0.05, 0.1) is 17.9 Å². The van der Waals surface area contributed by atoms with Gasteiger partial charge in [0, 0.05) is 5.39 Å². The lowest BCUT2D eigenvalue weighted by atomic mass is 9.99. The van der Waals surface area contributed by atoms with Gasteiger partial charge < -0.3 is 10.1 Å². The van der Waals surface area contributed by atoms with E-state index in [2.05, 4.69) is 5.32 Å². The molecule has 0 amide bonds. The van der Waals surface area contributed by atoms with Gasteiger partial charge in [0.2, 0.25) is 0 Å². The Labute approximate surface area is 159 Å². The van der Waals surface area contributed by atoms with Gasteiger partial charge in [-0.1, -0.05) is 30.3 Å². The van der Waals surface area contributed by atoms with Crippen LogP contribution in [0.5, 0.6) is 0 Å². The van der Waals surface area contributed by atoms with Crippen LogP contribution >= 0.6 is 11.8 Å². The first-order valence-electron chi connectivity index (χ1n) is 8.35. The van der Waals surface area contributed by atoms with Gasteiger partial charge in [0.1, 0.15) is 6.04 Å². The number of rotatable bonds is 8. The van der Waals surface area contributed by atoms with Crippen LogP contribution in [0.1, 0.15) is 23.7 Å². The molecule has 1 unspecified atom stereocenters. The lowest BCUT2D eigenvalue weighted by Gasteiger charge is -2.22. The zero-order chi connectivity index (χ0) is 20.0. The summed E-state index contributed by atoms with van der Waals surface area (Å²) in [4.78, 5) is 24.2. The molecule has 0 spiro atoms. The Hall–Kier alpha value is -2.22. The molecule has 27 heavy (non-hydrogen) atoms. The van der Waals surface area contributed by atoms with Crippen LogP contribution in [0.15, 0.2) is 36.4 Å². The van der Waals surface area contributed by atoms with Crippen molar-refractivity contribution in [3.8, 4) is 0 Å². The minimum Gasteiger partial charge on any atom is -0.464 e. The fourth-order valence-electron chi connectivity index (χ4n) is 2.67. The minimum atomic E-state index is -5.02. The number of anilines is 1. The molecule has 2 aromatic carbocycles. The quantitative estimate of drug-likeness (QED) is 0.516.